The van der Waals surface area contributed by atoms with E-state index < -0.39 is 34.8 Å². The zero-order valence-corrected chi connectivity index (χ0v) is 8.31. The molecule has 5 nitrogen and oxygen atoms in total. The van der Waals surface area contributed by atoms with E-state index in [0.29, 0.717) is 0 Å². The number of hydrogen-bond donors (Lipinski definition) is 1. The molecule has 1 N–H and O–H groups in total. The van der Waals surface area contributed by atoms with Crippen LogP contribution in [0, 0.1) is 21.7 Å². The lowest BCUT2D eigenvalue weighted by atomic mass is 10.1. The molecule has 88 valence electrons. The van der Waals surface area contributed by atoms with E-state index in [1.165, 1.54) is 7.11 Å². The molecule has 0 saturated carbocycles. The highest BCUT2D eigenvalue weighted by Gasteiger charge is 2.23. The SMILES string of the molecule is COc1cc(F)c(C(O)C[N+](=O)[O-])c(F)c1. The van der Waals surface area contributed by atoms with Crippen LogP contribution in [0.3, 0.4) is 0 Å². The van der Waals surface area contributed by atoms with Crippen LogP contribution in [0.4, 0.5) is 8.78 Å². The molecule has 16 heavy (non-hydrogen) atoms. The Morgan fingerprint density at radius 2 is 2.00 bits per heavy atom. The molecule has 0 bridgehead atoms. The van der Waals surface area contributed by atoms with Gasteiger partial charge in [-0.1, -0.05) is 0 Å². The Bertz CT molecular complexity index is 387. The highest BCUT2D eigenvalue weighted by molar-refractivity contribution is 5.31. The molecule has 0 aromatic heterocycles. The average molecular weight is 233 g/mol. The standard InChI is InChI=1S/C9H9F2NO4/c1-16-5-2-6(10)9(7(11)3-5)8(13)4-12(14)15/h2-3,8,13H,4H2,1H3. The van der Waals surface area contributed by atoms with Crippen molar-refractivity contribution >= 4 is 0 Å². The normalized spacial score (nSPS) is 12.2. The fourth-order valence-corrected chi connectivity index (χ4v) is 1.23. The van der Waals surface area contributed by atoms with E-state index in [4.69, 9.17) is 0 Å². The predicted octanol–water partition coefficient (Wildman–Crippen LogP) is 1.28. The Morgan fingerprint density at radius 1 is 1.50 bits per heavy atom. The molecule has 7 heteroatoms. The van der Waals surface area contributed by atoms with Crippen molar-refractivity contribution in [2.24, 2.45) is 0 Å². The molecule has 0 fully saturated rings. The summed E-state index contributed by atoms with van der Waals surface area (Å²) in [7, 11) is 1.22. The van der Waals surface area contributed by atoms with E-state index >= 15 is 0 Å². The monoisotopic (exact) mass is 233 g/mol. The minimum absolute atomic E-state index is 0.0629. The van der Waals surface area contributed by atoms with Crippen LogP contribution in [0.5, 0.6) is 5.75 Å². The molecule has 0 heterocycles. The number of benzene rings is 1. The van der Waals surface area contributed by atoms with Crippen LogP contribution in [-0.2, 0) is 0 Å². The molecule has 1 aromatic rings. The summed E-state index contributed by atoms with van der Waals surface area (Å²) in [6.45, 7) is -0.958. The topological polar surface area (TPSA) is 72.6 Å². The number of aliphatic hydroxyl groups is 1. The van der Waals surface area contributed by atoms with Gasteiger partial charge in [-0.25, -0.2) is 8.78 Å². The zero-order valence-electron chi connectivity index (χ0n) is 8.31. The molecule has 0 radical (unpaired) electrons. The van der Waals surface area contributed by atoms with Gasteiger partial charge in [-0.15, -0.1) is 0 Å². The minimum atomic E-state index is -1.82. The van der Waals surface area contributed by atoms with Crippen molar-refractivity contribution < 1.29 is 23.5 Å². The third-order valence-corrected chi connectivity index (χ3v) is 1.94. The van der Waals surface area contributed by atoms with Crippen molar-refractivity contribution in [3.05, 3.63) is 39.4 Å². The Morgan fingerprint density at radius 3 is 2.38 bits per heavy atom. The molecule has 0 aliphatic heterocycles. The van der Waals surface area contributed by atoms with E-state index in [-0.39, 0.29) is 5.75 Å². The first kappa shape index (κ1) is 12.3. The lowest BCUT2D eigenvalue weighted by molar-refractivity contribution is -0.491. The summed E-state index contributed by atoms with van der Waals surface area (Å²) < 4.78 is 31.2. The van der Waals surface area contributed by atoms with Crippen LogP contribution < -0.4 is 4.74 Å². The third-order valence-electron chi connectivity index (χ3n) is 1.94. The number of nitrogens with zero attached hydrogens (tertiary/aromatic N) is 1. The van der Waals surface area contributed by atoms with Gasteiger partial charge >= 0.3 is 0 Å². The number of nitro groups is 1. The summed E-state index contributed by atoms with van der Waals surface area (Å²) in [5.41, 5.74) is -0.725. The average Bonchev–Trinajstić information content (AvgIpc) is 2.15. The smallest absolute Gasteiger partial charge is 0.233 e. The fraction of sp³-hybridized carbons (Fsp3) is 0.333. The summed E-state index contributed by atoms with van der Waals surface area (Å²) in [5, 5.41) is 19.4. The summed E-state index contributed by atoms with van der Waals surface area (Å²) in [4.78, 5) is 9.25. The van der Waals surface area contributed by atoms with Crippen LogP contribution in [0.2, 0.25) is 0 Å². The van der Waals surface area contributed by atoms with E-state index in [0.717, 1.165) is 12.1 Å². The van der Waals surface area contributed by atoms with Crippen LogP contribution in [0.25, 0.3) is 0 Å². The van der Waals surface area contributed by atoms with Gasteiger partial charge in [0.15, 0.2) is 0 Å². The zero-order chi connectivity index (χ0) is 12.3. The summed E-state index contributed by atoms with van der Waals surface area (Å²) in [5.74, 6) is -2.22. The predicted molar refractivity (Wildman–Crippen MR) is 49.7 cm³/mol. The van der Waals surface area contributed by atoms with Crippen LogP contribution in [0.1, 0.15) is 11.7 Å². The Labute approximate surface area is 89.4 Å². The number of aliphatic hydroxyl groups excluding tert-OH is 1. The minimum Gasteiger partial charge on any atom is -0.497 e. The van der Waals surface area contributed by atoms with Gasteiger partial charge in [0.05, 0.1) is 12.7 Å². The van der Waals surface area contributed by atoms with Gasteiger partial charge in [0.2, 0.25) is 6.54 Å². The fourth-order valence-electron chi connectivity index (χ4n) is 1.23. The van der Waals surface area contributed by atoms with Gasteiger partial charge in [-0.3, -0.25) is 10.1 Å². The Balaban J connectivity index is 3.08. The molecule has 0 amide bonds. The number of halogens is 2. The second-order valence-corrected chi connectivity index (χ2v) is 3.04. The first-order chi connectivity index (χ1) is 7.45. The largest absolute Gasteiger partial charge is 0.497 e. The quantitative estimate of drug-likeness (QED) is 0.628. The van der Waals surface area contributed by atoms with Gasteiger partial charge in [0.1, 0.15) is 23.5 Å². The number of ether oxygens (including phenoxy) is 1. The first-order valence-corrected chi connectivity index (χ1v) is 4.28. The van der Waals surface area contributed by atoms with E-state index in [1.807, 2.05) is 0 Å². The van der Waals surface area contributed by atoms with E-state index in [2.05, 4.69) is 4.74 Å². The molecule has 0 aliphatic rings. The molecule has 0 saturated heterocycles. The molecule has 1 aromatic carbocycles. The second kappa shape index (κ2) is 4.84. The van der Waals surface area contributed by atoms with Crippen molar-refractivity contribution in [3.8, 4) is 5.75 Å². The molecule has 1 atom stereocenters. The van der Waals surface area contributed by atoms with Crippen molar-refractivity contribution in [1.29, 1.82) is 0 Å². The van der Waals surface area contributed by atoms with Crippen LogP contribution in [0.15, 0.2) is 12.1 Å². The third kappa shape index (κ3) is 2.63. The molecular formula is C9H9F2NO4. The number of hydrogen-bond acceptors (Lipinski definition) is 4. The van der Waals surface area contributed by atoms with Crippen molar-refractivity contribution in [1.82, 2.24) is 0 Å². The second-order valence-electron chi connectivity index (χ2n) is 3.04. The lowest BCUT2D eigenvalue weighted by Gasteiger charge is -2.10. The lowest BCUT2D eigenvalue weighted by Crippen LogP contribution is -2.15. The van der Waals surface area contributed by atoms with Gasteiger partial charge in [0, 0.05) is 17.1 Å². The van der Waals surface area contributed by atoms with Crippen molar-refractivity contribution in [2.75, 3.05) is 13.7 Å². The number of rotatable bonds is 4. The molecule has 0 aliphatic carbocycles. The van der Waals surface area contributed by atoms with E-state index in [9.17, 15) is 24.0 Å². The van der Waals surface area contributed by atoms with Gasteiger partial charge in [-0.05, 0) is 0 Å². The van der Waals surface area contributed by atoms with Crippen LogP contribution >= 0.6 is 0 Å². The highest BCUT2D eigenvalue weighted by Crippen LogP contribution is 2.25. The summed E-state index contributed by atoms with van der Waals surface area (Å²) >= 11 is 0. The summed E-state index contributed by atoms with van der Waals surface area (Å²) in [6, 6.07) is 1.70. The molecular weight excluding hydrogens is 224 g/mol. The maximum atomic E-state index is 13.3. The Kier molecular flexibility index (Phi) is 3.73. The Hall–Kier alpha value is -1.76. The molecule has 0 spiro atoms. The first-order valence-electron chi connectivity index (χ1n) is 4.28. The summed E-state index contributed by atoms with van der Waals surface area (Å²) in [6.07, 6.45) is -1.82. The number of methoxy groups -OCH3 is 1. The molecule has 1 unspecified atom stereocenters. The van der Waals surface area contributed by atoms with Crippen LogP contribution in [-0.4, -0.2) is 23.7 Å². The van der Waals surface area contributed by atoms with Crippen molar-refractivity contribution in [2.45, 2.75) is 6.10 Å². The van der Waals surface area contributed by atoms with Gasteiger partial charge < -0.3 is 9.84 Å². The van der Waals surface area contributed by atoms with Gasteiger partial charge in [0.25, 0.3) is 0 Å². The molecule has 1 rings (SSSR count). The van der Waals surface area contributed by atoms with Crippen molar-refractivity contribution in [3.63, 3.8) is 0 Å². The maximum Gasteiger partial charge on any atom is 0.233 e. The van der Waals surface area contributed by atoms with E-state index in [1.54, 1.807) is 0 Å². The maximum absolute atomic E-state index is 13.3. The highest BCUT2D eigenvalue weighted by atomic mass is 19.1. The van der Waals surface area contributed by atoms with Gasteiger partial charge in [-0.2, -0.15) is 0 Å².